The highest BCUT2D eigenvalue weighted by Gasteiger charge is 2.16. The van der Waals surface area contributed by atoms with Gasteiger partial charge in [0.05, 0.1) is 0 Å². The molecule has 1 aromatic heterocycles. The quantitative estimate of drug-likeness (QED) is 0.765. The van der Waals surface area contributed by atoms with Gasteiger partial charge in [-0.1, -0.05) is 6.92 Å². The van der Waals surface area contributed by atoms with Crippen molar-refractivity contribution in [1.29, 1.82) is 0 Å². The van der Waals surface area contributed by atoms with E-state index in [9.17, 15) is 4.79 Å². The number of likely N-dealkylation sites (tertiary alicyclic amines) is 1. The summed E-state index contributed by atoms with van der Waals surface area (Å²) < 4.78 is 2.27. The van der Waals surface area contributed by atoms with Crippen LogP contribution >= 0.6 is 0 Å². The molecule has 100 valence electrons. The van der Waals surface area contributed by atoms with Crippen LogP contribution in [0.3, 0.4) is 0 Å². The Kier molecular flexibility index (Phi) is 4.23. The van der Waals surface area contributed by atoms with Gasteiger partial charge in [0.2, 0.25) is 0 Å². The van der Waals surface area contributed by atoms with Gasteiger partial charge in [0.25, 0.3) is 0 Å². The third-order valence-corrected chi connectivity index (χ3v) is 4.12. The maximum absolute atomic E-state index is 10.9. The first-order chi connectivity index (χ1) is 8.61. The molecule has 1 fully saturated rings. The SMILES string of the molecule is Cc1cc(C=O)c(C)n1CCN1CCCC(C)C1. The van der Waals surface area contributed by atoms with E-state index in [1.54, 1.807) is 0 Å². The maximum atomic E-state index is 10.9. The summed E-state index contributed by atoms with van der Waals surface area (Å²) in [6.45, 7) is 11.0. The van der Waals surface area contributed by atoms with Crippen LogP contribution < -0.4 is 0 Å². The van der Waals surface area contributed by atoms with Crippen LogP contribution in [-0.2, 0) is 6.54 Å². The van der Waals surface area contributed by atoms with E-state index in [-0.39, 0.29) is 0 Å². The van der Waals surface area contributed by atoms with Gasteiger partial charge in [0.15, 0.2) is 6.29 Å². The normalized spacial score (nSPS) is 21.2. The van der Waals surface area contributed by atoms with Gasteiger partial charge in [-0.05, 0) is 45.2 Å². The summed E-state index contributed by atoms with van der Waals surface area (Å²) >= 11 is 0. The molecule has 3 heteroatoms. The zero-order valence-corrected chi connectivity index (χ0v) is 11.8. The molecule has 2 rings (SSSR count). The summed E-state index contributed by atoms with van der Waals surface area (Å²) in [5.74, 6) is 0.830. The predicted octanol–water partition coefficient (Wildman–Crippen LogP) is 2.65. The van der Waals surface area contributed by atoms with E-state index >= 15 is 0 Å². The average Bonchev–Trinajstić information content (AvgIpc) is 2.62. The van der Waals surface area contributed by atoms with Crippen LogP contribution in [0, 0.1) is 19.8 Å². The van der Waals surface area contributed by atoms with E-state index in [4.69, 9.17) is 0 Å². The van der Waals surface area contributed by atoms with E-state index in [1.807, 2.05) is 13.0 Å². The minimum atomic E-state index is 0.830. The summed E-state index contributed by atoms with van der Waals surface area (Å²) in [4.78, 5) is 13.5. The molecule has 3 nitrogen and oxygen atoms in total. The van der Waals surface area contributed by atoms with Crippen molar-refractivity contribution in [3.8, 4) is 0 Å². The standard InChI is InChI=1S/C15H24N2O/c1-12-5-4-6-16(10-12)7-8-17-13(2)9-15(11-18)14(17)3/h9,11-12H,4-8,10H2,1-3H3. The predicted molar refractivity (Wildman–Crippen MR) is 74.1 cm³/mol. The number of carbonyl (C=O) groups excluding carboxylic acids is 1. The summed E-state index contributed by atoms with van der Waals surface area (Å²) in [7, 11) is 0. The number of aryl methyl sites for hydroxylation is 1. The molecule has 0 bridgehead atoms. The molecule has 1 saturated heterocycles. The lowest BCUT2D eigenvalue weighted by Gasteiger charge is -2.31. The molecular formula is C15H24N2O. The average molecular weight is 248 g/mol. The second kappa shape index (κ2) is 5.70. The second-order valence-electron chi connectivity index (χ2n) is 5.64. The fraction of sp³-hybridized carbons (Fsp3) is 0.667. The van der Waals surface area contributed by atoms with Crippen molar-refractivity contribution >= 4 is 6.29 Å². The van der Waals surface area contributed by atoms with Crippen LogP contribution in [-0.4, -0.2) is 35.4 Å². The Morgan fingerprint density at radius 3 is 2.78 bits per heavy atom. The Bertz CT molecular complexity index is 422. The van der Waals surface area contributed by atoms with E-state index < -0.39 is 0 Å². The highest BCUT2D eigenvalue weighted by molar-refractivity contribution is 5.77. The molecule has 0 aliphatic carbocycles. The van der Waals surface area contributed by atoms with Gasteiger partial charge in [-0.15, -0.1) is 0 Å². The number of aldehydes is 1. The van der Waals surface area contributed by atoms with Crippen molar-refractivity contribution in [2.75, 3.05) is 19.6 Å². The first-order valence-electron chi connectivity index (χ1n) is 6.96. The molecule has 1 atom stereocenters. The van der Waals surface area contributed by atoms with Gasteiger partial charge in [-0.2, -0.15) is 0 Å². The van der Waals surface area contributed by atoms with Crippen LogP contribution in [0.1, 0.15) is 41.5 Å². The van der Waals surface area contributed by atoms with Gasteiger partial charge < -0.3 is 9.47 Å². The van der Waals surface area contributed by atoms with Crippen molar-refractivity contribution in [2.45, 2.75) is 40.2 Å². The van der Waals surface area contributed by atoms with Crippen LogP contribution in [0.25, 0.3) is 0 Å². The van der Waals surface area contributed by atoms with Crippen molar-refractivity contribution in [3.05, 3.63) is 23.0 Å². The summed E-state index contributed by atoms with van der Waals surface area (Å²) in [5, 5.41) is 0. The Balaban J connectivity index is 1.97. The lowest BCUT2D eigenvalue weighted by Crippen LogP contribution is -2.36. The Morgan fingerprint density at radius 2 is 2.17 bits per heavy atom. The number of rotatable bonds is 4. The molecular weight excluding hydrogens is 224 g/mol. The first-order valence-corrected chi connectivity index (χ1v) is 6.96. The molecule has 1 aliphatic heterocycles. The molecule has 1 aliphatic rings. The number of piperidine rings is 1. The zero-order valence-electron chi connectivity index (χ0n) is 11.8. The largest absolute Gasteiger partial charge is 0.347 e. The number of hydrogen-bond acceptors (Lipinski definition) is 2. The summed E-state index contributed by atoms with van der Waals surface area (Å²) in [6, 6.07) is 1.99. The molecule has 0 amide bonds. The van der Waals surface area contributed by atoms with Crippen molar-refractivity contribution < 1.29 is 4.79 Å². The molecule has 1 aromatic rings. The second-order valence-corrected chi connectivity index (χ2v) is 5.64. The fourth-order valence-corrected chi connectivity index (χ4v) is 3.02. The van der Waals surface area contributed by atoms with E-state index in [0.717, 1.165) is 36.6 Å². The maximum Gasteiger partial charge on any atom is 0.151 e. The summed E-state index contributed by atoms with van der Waals surface area (Å²) in [5.41, 5.74) is 3.13. The molecule has 0 radical (unpaired) electrons. The lowest BCUT2D eigenvalue weighted by atomic mass is 10.0. The number of nitrogens with zero attached hydrogens (tertiary/aromatic N) is 2. The van der Waals surface area contributed by atoms with Gasteiger partial charge in [0, 0.05) is 36.6 Å². The van der Waals surface area contributed by atoms with Crippen molar-refractivity contribution in [3.63, 3.8) is 0 Å². The highest BCUT2D eigenvalue weighted by Crippen LogP contribution is 2.17. The van der Waals surface area contributed by atoms with Gasteiger partial charge in [-0.25, -0.2) is 0 Å². The van der Waals surface area contributed by atoms with E-state index in [0.29, 0.717) is 0 Å². The Labute approximate surface area is 110 Å². The molecule has 0 aromatic carbocycles. The third-order valence-electron chi connectivity index (χ3n) is 4.12. The highest BCUT2D eigenvalue weighted by atomic mass is 16.1. The molecule has 0 N–H and O–H groups in total. The lowest BCUT2D eigenvalue weighted by molar-refractivity contribution is 0.112. The molecule has 0 saturated carbocycles. The fourth-order valence-electron chi connectivity index (χ4n) is 3.02. The minimum absolute atomic E-state index is 0.830. The minimum Gasteiger partial charge on any atom is -0.347 e. The smallest absolute Gasteiger partial charge is 0.151 e. The van der Waals surface area contributed by atoms with Crippen LogP contribution in [0.15, 0.2) is 6.07 Å². The molecule has 18 heavy (non-hydrogen) atoms. The topological polar surface area (TPSA) is 25.2 Å². The van der Waals surface area contributed by atoms with Crippen molar-refractivity contribution in [2.24, 2.45) is 5.92 Å². The molecule has 2 heterocycles. The zero-order chi connectivity index (χ0) is 13.1. The Morgan fingerprint density at radius 1 is 1.39 bits per heavy atom. The van der Waals surface area contributed by atoms with Crippen LogP contribution in [0.4, 0.5) is 0 Å². The number of hydrogen-bond donors (Lipinski definition) is 0. The number of aromatic nitrogens is 1. The van der Waals surface area contributed by atoms with E-state index in [2.05, 4.69) is 23.3 Å². The van der Waals surface area contributed by atoms with Gasteiger partial charge in [-0.3, -0.25) is 4.79 Å². The number of carbonyl (C=O) groups is 1. The van der Waals surface area contributed by atoms with Gasteiger partial charge in [0.1, 0.15) is 0 Å². The van der Waals surface area contributed by atoms with E-state index in [1.165, 1.54) is 31.6 Å². The summed E-state index contributed by atoms with van der Waals surface area (Å²) in [6.07, 6.45) is 3.65. The van der Waals surface area contributed by atoms with Crippen LogP contribution in [0.2, 0.25) is 0 Å². The van der Waals surface area contributed by atoms with Crippen LogP contribution in [0.5, 0.6) is 0 Å². The first kappa shape index (κ1) is 13.3. The molecule has 0 spiro atoms. The Hall–Kier alpha value is -1.09. The van der Waals surface area contributed by atoms with Crippen molar-refractivity contribution in [1.82, 2.24) is 9.47 Å². The van der Waals surface area contributed by atoms with Gasteiger partial charge >= 0.3 is 0 Å². The monoisotopic (exact) mass is 248 g/mol. The third kappa shape index (κ3) is 2.83. The molecule has 1 unspecified atom stereocenters.